The van der Waals surface area contributed by atoms with E-state index in [1.54, 1.807) is 64.7 Å². The van der Waals surface area contributed by atoms with Gasteiger partial charge in [0, 0.05) is 54.9 Å². The zero-order valence-corrected chi connectivity index (χ0v) is 24.7. The average Bonchev–Trinajstić information content (AvgIpc) is 3.78. The fourth-order valence-electron chi connectivity index (χ4n) is 4.88. The highest BCUT2D eigenvalue weighted by atomic mass is 32.1. The first-order valence-electron chi connectivity index (χ1n) is 14.2. The minimum atomic E-state index is -0.355. The Morgan fingerprint density at radius 2 is 1.53 bits per heavy atom. The van der Waals surface area contributed by atoms with Gasteiger partial charge in [-0.15, -0.1) is 5.10 Å². The van der Waals surface area contributed by atoms with Gasteiger partial charge in [-0.05, 0) is 72.1 Å². The number of aromatic nitrogens is 7. The summed E-state index contributed by atoms with van der Waals surface area (Å²) in [4.78, 5) is 28.4. The van der Waals surface area contributed by atoms with Gasteiger partial charge >= 0.3 is 6.03 Å². The van der Waals surface area contributed by atoms with Crippen LogP contribution in [0.4, 0.5) is 18.7 Å². The summed E-state index contributed by atoms with van der Waals surface area (Å²) in [6.45, 7) is 0.679. The number of nitrogens with one attached hydrogen (secondary N) is 1. The quantitative estimate of drug-likeness (QED) is 0.184. The van der Waals surface area contributed by atoms with E-state index in [9.17, 15) is 13.6 Å². The van der Waals surface area contributed by atoms with Crippen LogP contribution in [0.25, 0.3) is 17.1 Å². The number of amides is 2. The average molecular weight is 624 g/mol. The second-order valence-electron chi connectivity index (χ2n) is 10.1. The highest BCUT2D eigenvalue weighted by molar-refractivity contribution is 7.10. The van der Waals surface area contributed by atoms with Crippen molar-refractivity contribution in [3.05, 3.63) is 132 Å². The summed E-state index contributed by atoms with van der Waals surface area (Å²) in [6.07, 6.45) is 7.61. The molecule has 0 bridgehead atoms. The number of rotatable bonds is 11. The first-order chi connectivity index (χ1) is 22.0. The number of benzene rings is 3. The van der Waals surface area contributed by atoms with Crippen LogP contribution >= 0.6 is 11.5 Å². The Hall–Kier alpha value is -5.43. The minimum Gasteiger partial charge on any atom is -0.324 e. The monoisotopic (exact) mass is 623 g/mol. The van der Waals surface area contributed by atoms with Gasteiger partial charge in [0.25, 0.3) is 0 Å². The molecule has 0 saturated carbocycles. The largest absolute Gasteiger partial charge is 0.324 e. The fraction of sp³-hybridized carbons (Fsp3) is 0.156. The molecule has 0 aliphatic carbocycles. The van der Waals surface area contributed by atoms with Crippen molar-refractivity contribution in [1.82, 2.24) is 39.2 Å². The summed E-state index contributed by atoms with van der Waals surface area (Å²) in [5, 5.41) is 11.1. The lowest BCUT2D eigenvalue weighted by molar-refractivity contribution is 0.210. The zero-order chi connectivity index (χ0) is 31.0. The van der Waals surface area contributed by atoms with Crippen molar-refractivity contribution in [2.24, 2.45) is 0 Å². The van der Waals surface area contributed by atoms with Gasteiger partial charge < -0.3 is 4.90 Å². The third-order valence-corrected chi connectivity index (χ3v) is 7.83. The number of urea groups is 1. The molecule has 0 radical (unpaired) electrons. The van der Waals surface area contributed by atoms with Crippen molar-refractivity contribution in [1.29, 1.82) is 0 Å². The van der Waals surface area contributed by atoms with E-state index >= 15 is 0 Å². The second-order valence-corrected chi connectivity index (χ2v) is 10.8. The number of anilines is 1. The number of hydrogen-bond donors (Lipinski definition) is 1. The molecule has 0 aliphatic rings. The maximum atomic E-state index is 13.7. The molecule has 6 rings (SSSR count). The van der Waals surface area contributed by atoms with Crippen LogP contribution in [-0.4, -0.2) is 58.3 Å². The molecule has 0 fully saturated rings. The number of hydrogen-bond acceptors (Lipinski definition) is 8. The summed E-state index contributed by atoms with van der Waals surface area (Å²) in [5.41, 5.74) is 3.35. The molecule has 0 atom stereocenters. The van der Waals surface area contributed by atoms with Gasteiger partial charge in [-0.1, -0.05) is 29.5 Å². The number of carbonyl (C=O) groups is 1. The van der Waals surface area contributed by atoms with E-state index in [1.807, 2.05) is 24.3 Å². The van der Waals surface area contributed by atoms with Crippen LogP contribution in [0.2, 0.25) is 0 Å². The molecule has 3 aromatic heterocycles. The van der Waals surface area contributed by atoms with E-state index in [0.29, 0.717) is 42.7 Å². The summed E-state index contributed by atoms with van der Waals surface area (Å²) in [6, 6.07) is 21.4. The van der Waals surface area contributed by atoms with Crippen molar-refractivity contribution < 1.29 is 13.6 Å². The minimum absolute atomic E-state index is 0.205. The first-order valence-corrected chi connectivity index (χ1v) is 14.9. The second kappa shape index (κ2) is 13.9. The third kappa shape index (κ3) is 7.57. The summed E-state index contributed by atoms with van der Waals surface area (Å²) in [5.74, 6) is 0.197. The van der Waals surface area contributed by atoms with Crippen LogP contribution < -0.4 is 5.32 Å². The van der Waals surface area contributed by atoms with E-state index in [0.717, 1.165) is 33.9 Å². The Labute approximate surface area is 261 Å². The van der Waals surface area contributed by atoms with Gasteiger partial charge in [0.15, 0.2) is 5.82 Å². The standard InChI is InChI=1S/C32H27F2N9OS/c33-25-8-2-22(3-9-25)28(23-4-10-26(34)11-5-23)14-19-42(20-15-29-35-16-1-17-36-29)32(44)39-31-38-30(40-45-31)24-6-12-27(13-7-24)43-21-18-37-41-43/h1-13,16-18,21,28H,14-15,19-20H2,(H,38,39,40,44). The molecule has 0 spiro atoms. The lowest BCUT2D eigenvalue weighted by Crippen LogP contribution is -2.38. The van der Waals surface area contributed by atoms with Crippen LogP contribution in [-0.2, 0) is 6.42 Å². The predicted molar refractivity (Wildman–Crippen MR) is 166 cm³/mol. The van der Waals surface area contributed by atoms with Crippen LogP contribution in [0, 0.1) is 11.6 Å². The predicted octanol–water partition coefficient (Wildman–Crippen LogP) is 6.15. The lowest BCUT2D eigenvalue weighted by Gasteiger charge is -2.26. The maximum Gasteiger partial charge on any atom is 0.323 e. The third-order valence-electron chi connectivity index (χ3n) is 7.20. The van der Waals surface area contributed by atoms with Gasteiger partial charge in [-0.25, -0.2) is 28.2 Å². The maximum absolute atomic E-state index is 13.7. The molecule has 13 heteroatoms. The van der Waals surface area contributed by atoms with E-state index < -0.39 is 0 Å². The molecule has 3 aromatic carbocycles. The highest BCUT2D eigenvalue weighted by Crippen LogP contribution is 2.29. The van der Waals surface area contributed by atoms with Gasteiger partial charge in [-0.2, -0.15) is 9.36 Å². The topological polar surface area (TPSA) is 115 Å². The Balaban J connectivity index is 1.19. The molecule has 226 valence electrons. The highest BCUT2D eigenvalue weighted by Gasteiger charge is 2.21. The fourth-order valence-corrected chi connectivity index (χ4v) is 5.46. The zero-order valence-electron chi connectivity index (χ0n) is 23.9. The van der Waals surface area contributed by atoms with Crippen molar-refractivity contribution in [3.8, 4) is 17.1 Å². The van der Waals surface area contributed by atoms with E-state index in [-0.39, 0.29) is 23.6 Å². The summed E-state index contributed by atoms with van der Waals surface area (Å²) < 4.78 is 33.6. The number of nitrogens with zero attached hydrogens (tertiary/aromatic N) is 8. The molecule has 3 heterocycles. The Bertz CT molecular complexity index is 1770. The normalized spacial score (nSPS) is 11.1. The molecule has 0 aliphatic heterocycles. The summed E-state index contributed by atoms with van der Waals surface area (Å²) >= 11 is 1.08. The lowest BCUT2D eigenvalue weighted by atomic mass is 9.88. The van der Waals surface area contributed by atoms with Crippen molar-refractivity contribution >= 4 is 22.7 Å². The van der Waals surface area contributed by atoms with Gasteiger partial charge in [0.05, 0.1) is 18.1 Å². The molecular formula is C32H27F2N9OS. The molecular weight excluding hydrogens is 596 g/mol. The van der Waals surface area contributed by atoms with Gasteiger partial charge in [-0.3, -0.25) is 5.32 Å². The molecule has 2 amide bonds. The van der Waals surface area contributed by atoms with Crippen LogP contribution in [0.5, 0.6) is 0 Å². The molecule has 0 saturated heterocycles. The van der Waals surface area contributed by atoms with E-state index in [1.165, 1.54) is 24.3 Å². The Morgan fingerprint density at radius 3 is 2.16 bits per heavy atom. The SMILES string of the molecule is O=C(Nc1nc(-c2ccc(-n3ccnn3)cc2)ns1)N(CCc1ncccn1)CCC(c1ccc(F)cc1)c1ccc(F)cc1. The molecule has 10 nitrogen and oxygen atoms in total. The molecule has 1 N–H and O–H groups in total. The van der Waals surface area contributed by atoms with Crippen LogP contribution in [0.15, 0.2) is 104 Å². The van der Waals surface area contributed by atoms with E-state index in [4.69, 9.17) is 0 Å². The first kappa shape index (κ1) is 29.6. The molecule has 0 unspecified atom stereocenters. The number of carbonyl (C=O) groups excluding carboxylic acids is 1. The van der Waals surface area contributed by atoms with Crippen LogP contribution in [0.1, 0.15) is 29.3 Å². The number of halogens is 2. The Morgan fingerprint density at radius 1 is 0.867 bits per heavy atom. The van der Waals surface area contributed by atoms with Gasteiger partial charge in [0.2, 0.25) is 5.13 Å². The van der Waals surface area contributed by atoms with Crippen molar-refractivity contribution in [2.75, 3.05) is 18.4 Å². The van der Waals surface area contributed by atoms with E-state index in [2.05, 4.69) is 35.0 Å². The van der Waals surface area contributed by atoms with Crippen molar-refractivity contribution in [3.63, 3.8) is 0 Å². The van der Waals surface area contributed by atoms with Crippen LogP contribution in [0.3, 0.4) is 0 Å². The Kier molecular flexibility index (Phi) is 9.16. The van der Waals surface area contributed by atoms with Gasteiger partial charge in [0.1, 0.15) is 17.5 Å². The summed E-state index contributed by atoms with van der Waals surface area (Å²) in [7, 11) is 0. The molecule has 45 heavy (non-hydrogen) atoms. The molecule has 6 aromatic rings. The smallest absolute Gasteiger partial charge is 0.323 e. The van der Waals surface area contributed by atoms with Crippen molar-refractivity contribution in [2.45, 2.75) is 18.8 Å².